The second kappa shape index (κ2) is 3.29. The first-order valence-corrected chi connectivity index (χ1v) is 7.78. The summed E-state index contributed by atoms with van der Waals surface area (Å²) in [6, 6.07) is 0. The summed E-state index contributed by atoms with van der Waals surface area (Å²) < 4.78 is 31.2. The van der Waals surface area contributed by atoms with Crippen molar-refractivity contribution in [1.82, 2.24) is 0 Å². The zero-order valence-corrected chi connectivity index (χ0v) is 11.6. The van der Waals surface area contributed by atoms with E-state index in [-0.39, 0.29) is 21.9 Å². The van der Waals surface area contributed by atoms with Crippen LogP contribution in [0.1, 0.15) is 26.7 Å². The van der Waals surface area contributed by atoms with Crippen LogP contribution >= 0.6 is 15.9 Å². The van der Waals surface area contributed by atoms with Crippen LogP contribution in [0, 0.1) is 16.7 Å². The molecule has 92 valence electrons. The molecule has 0 aromatic rings. The first-order chi connectivity index (χ1) is 7.12. The van der Waals surface area contributed by atoms with Gasteiger partial charge in [-0.25, -0.2) is 0 Å². The molecule has 3 atom stereocenters. The molecule has 2 bridgehead atoms. The SMILES string of the molecule is CC1(C)[C@@H]2CC[C@]1(CS(=O)(=O)O)C(=O)[C@@H]2Br. The fourth-order valence-corrected chi connectivity index (χ4v) is 6.12. The van der Waals surface area contributed by atoms with E-state index in [1.807, 2.05) is 13.8 Å². The number of fused-ring (bicyclic) bond motifs is 2. The Morgan fingerprint density at radius 3 is 2.44 bits per heavy atom. The second-order valence-corrected chi connectivity index (χ2v) is 7.88. The van der Waals surface area contributed by atoms with Gasteiger partial charge in [0.25, 0.3) is 10.1 Å². The molecule has 1 N–H and O–H groups in total. The minimum atomic E-state index is -4.12. The van der Waals surface area contributed by atoms with Crippen molar-refractivity contribution in [3.8, 4) is 0 Å². The van der Waals surface area contributed by atoms with Crippen molar-refractivity contribution in [2.24, 2.45) is 16.7 Å². The molecule has 0 radical (unpaired) electrons. The summed E-state index contributed by atoms with van der Waals surface area (Å²) in [6.45, 7) is 3.85. The maximum absolute atomic E-state index is 12.2. The maximum Gasteiger partial charge on any atom is 0.265 e. The zero-order chi connectivity index (χ0) is 12.4. The van der Waals surface area contributed by atoms with Crippen LogP contribution in [0.4, 0.5) is 0 Å². The molecule has 0 heterocycles. The number of ketones is 1. The average molecular weight is 311 g/mol. The number of hydrogen-bond donors (Lipinski definition) is 1. The van der Waals surface area contributed by atoms with E-state index in [0.29, 0.717) is 6.42 Å². The summed E-state index contributed by atoms with van der Waals surface area (Å²) in [6.07, 6.45) is 1.40. The number of Topliss-reactive ketones (excluding diaryl/α,β-unsaturated/α-hetero) is 1. The standard InChI is InChI=1S/C10H15BrO4S/c1-9(2)6-3-4-10(9,5-16(13,14)15)8(12)7(6)11/h6-7H,3-5H2,1-2H3,(H,13,14,15)/t6-,7-,10+/m1/s1. The predicted molar refractivity (Wildman–Crippen MR) is 63.1 cm³/mol. The molecule has 2 aliphatic rings. The number of carbonyl (C=O) groups excluding carboxylic acids is 1. The molecule has 16 heavy (non-hydrogen) atoms. The van der Waals surface area contributed by atoms with Crippen molar-refractivity contribution in [1.29, 1.82) is 0 Å². The molecule has 0 aliphatic heterocycles. The van der Waals surface area contributed by atoms with Gasteiger partial charge in [-0.05, 0) is 24.2 Å². The summed E-state index contributed by atoms with van der Waals surface area (Å²) in [5, 5.41) is 0. The number of halogens is 1. The molecule has 0 saturated heterocycles. The number of hydrogen-bond acceptors (Lipinski definition) is 3. The highest BCUT2D eigenvalue weighted by molar-refractivity contribution is 9.10. The van der Waals surface area contributed by atoms with Crippen molar-refractivity contribution in [2.45, 2.75) is 31.5 Å². The highest BCUT2D eigenvalue weighted by atomic mass is 79.9. The van der Waals surface area contributed by atoms with Crippen LogP contribution in [0.15, 0.2) is 0 Å². The molecule has 2 aliphatic carbocycles. The van der Waals surface area contributed by atoms with Crippen LogP contribution in [-0.4, -0.2) is 29.3 Å². The van der Waals surface area contributed by atoms with Gasteiger partial charge in [0, 0.05) is 0 Å². The molecule has 0 unspecified atom stereocenters. The summed E-state index contributed by atoms with van der Waals surface area (Å²) in [7, 11) is -4.12. The van der Waals surface area contributed by atoms with Crippen molar-refractivity contribution in [2.75, 3.05) is 5.75 Å². The minimum Gasteiger partial charge on any atom is -0.298 e. The average Bonchev–Trinajstić information content (AvgIpc) is 2.39. The molecule has 6 heteroatoms. The van der Waals surface area contributed by atoms with Crippen LogP contribution in [0.25, 0.3) is 0 Å². The Labute approximate surface area is 104 Å². The van der Waals surface area contributed by atoms with Gasteiger partial charge in [-0.2, -0.15) is 8.42 Å². The lowest BCUT2D eigenvalue weighted by Crippen LogP contribution is -2.43. The van der Waals surface area contributed by atoms with Gasteiger partial charge in [0.05, 0.1) is 16.0 Å². The Kier molecular flexibility index (Phi) is 2.58. The van der Waals surface area contributed by atoms with E-state index in [1.165, 1.54) is 0 Å². The van der Waals surface area contributed by atoms with Crippen LogP contribution in [0.3, 0.4) is 0 Å². The molecule has 2 rings (SSSR count). The van der Waals surface area contributed by atoms with Crippen LogP contribution in [-0.2, 0) is 14.9 Å². The first-order valence-electron chi connectivity index (χ1n) is 5.25. The Morgan fingerprint density at radius 2 is 2.06 bits per heavy atom. The van der Waals surface area contributed by atoms with E-state index in [1.54, 1.807) is 0 Å². The quantitative estimate of drug-likeness (QED) is 0.622. The Morgan fingerprint density at radius 1 is 1.50 bits per heavy atom. The van der Waals surface area contributed by atoms with Crippen molar-refractivity contribution >= 4 is 31.8 Å². The number of rotatable bonds is 2. The summed E-state index contributed by atoms with van der Waals surface area (Å²) in [4.78, 5) is 11.9. The molecular formula is C10H15BrO4S. The van der Waals surface area contributed by atoms with Crippen LogP contribution < -0.4 is 0 Å². The molecule has 0 aromatic heterocycles. The fourth-order valence-electron chi connectivity index (χ4n) is 3.48. The monoisotopic (exact) mass is 310 g/mol. The van der Waals surface area contributed by atoms with Gasteiger partial charge in [-0.3, -0.25) is 9.35 Å². The Balaban J connectivity index is 2.50. The van der Waals surface area contributed by atoms with Crippen molar-refractivity contribution < 1.29 is 17.8 Å². The van der Waals surface area contributed by atoms with Gasteiger partial charge < -0.3 is 0 Å². The van der Waals surface area contributed by atoms with Crippen molar-refractivity contribution in [3.05, 3.63) is 0 Å². The molecule has 2 fully saturated rings. The third-order valence-electron chi connectivity index (χ3n) is 4.55. The van der Waals surface area contributed by atoms with Crippen LogP contribution in [0.5, 0.6) is 0 Å². The van der Waals surface area contributed by atoms with Gasteiger partial charge in [0.1, 0.15) is 0 Å². The Hall–Kier alpha value is 0.0600. The van der Waals surface area contributed by atoms with Gasteiger partial charge >= 0.3 is 0 Å². The van der Waals surface area contributed by atoms with Crippen molar-refractivity contribution in [3.63, 3.8) is 0 Å². The molecule has 0 spiro atoms. The summed E-state index contributed by atoms with van der Waals surface area (Å²) >= 11 is 3.35. The molecule has 4 nitrogen and oxygen atoms in total. The summed E-state index contributed by atoms with van der Waals surface area (Å²) in [5.74, 6) is -0.335. The maximum atomic E-state index is 12.2. The highest BCUT2D eigenvalue weighted by Crippen LogP contribution is 2.65. The lowest BCUT2D eigenvalue weighted by Gasteiger charge is -2.35. The fraction of sp³-hybridized carbons (Fsp3) is 0.900. The summed E-state index contributed by atoms with van der Waals surface area (Å²) in [5.41, 5.74) is -1.27. The molecule has 0 amide bonds. The topological polar surface area (TPSA) is 71.4 Å². The van der Waals surface area contributed by atoms with Gasteiger partial charge in [0.15, 0.2) is 5.78 Å². The van der Waals surface area contributed by atoms with E-state index in [4.69, 9.17) is 4.55 Å². The smallest absolute Gasteiger partial charge is 0.265 e. The lowest BCUT2D eigenvalue weighted by molar-refractivity contribution is -0.127. The minimum absolute atomic E-state index is 0.0635. The molecular weight excluding hydrogens is 296 g/mol. The lowest BCUT2D eigenvalue weighted by atomic mass is 9.70. The second-order valence-electron chi connectivity index (χ2n) is 5.44. The van der Waals surface area contributed by atoms with E-state index >= 15 is 0 Å². The van der Waals surface area contributed by atoms with Gasteiger partial charge in [0.2, 0.25) is 0 Å². The van der Waals surface area contributed by atoms with E-state index < -0.39 is 21.3 Å². The highest BCUT2D eigenvalue weighted by Gasteiger charge is 2.69. The predicted octanol–water partition coefficient (Wildman–Crippen LogP) is 1.64. The first kappa shape index (κ1) is 12.5. The van der Waals surface area contributed by atoms with Crippen LogP contribution in [0.2, 0.25) is 0 Å². The zero-order valence-electron chi connectivity index (χ0n) is 9.23. The number of carbonyl (C=O) groups is 1. The third-order valence-corrected chi connectivity index (χ3v) is 6.46. The van der Waals surface area contributed by atoms with Gasteiger partial charge in [-0.15, -0.1) is 0 Å². The van der Waals surface area contributed by atoms with E-state index in [0.717, 1.165) is 6.42 Å². The Bertz CT molecular complexity index is 442. The largest absolute Gasteiger partial charge is 0.298 e. The van der Waals surface area contributed by atoms with E-state index in [9.17, 15) is 13.2 Å². The third kappa shape index (κ3) is 1.42. The van der Waals surface area contributed by atoms with E-state index in [2.05, 4.69) is 15.9 Å². The molecule has 0 aromatic carbocycles. The van der Waals surface area contributed by atoms with Gasteiger partial charge in [-0.1, -0.05) is 29.8 Å². The normalized spacial score (nSPS) is 41.6. The molecule has 2 saturated carbocycles. The number of alkyl halides is 1.